The van der Waals surface area contributed by atoms with Gasteiger partial charge in [-0.25, -0.2) is 0 Å². The lowest BCUT2D eigenvalue weighted by Crippen LogP contribution is -2.48. The Labute approximate surface area is 118 Å². The van der Waals surface area contributed by atoms with Crippen molar-refractivity contribution in [3.63, 3.8) is 0 Å². The van der Waals surface area contributed by atoms with Crippen molar-refractivity contribution < 1.29 is 4.79 Å². The third-order valence-electron chi connectivity index (χ3n) is 4.10. The minimum atomic E-state index is 0.0297. The third kappa shape index (κ3) is 6.39. The van der Waals surface area contributed by atoms with E-state index in [-0.39, 0.29) is 11.9 Å². The summed E-state index contributed by atoms with van der Waals surface area (Å²) in [5.41, 5.74) is 0. The van der Waals surface area contributed by atoms with Crippen molar-refractivity contribution in [1.29, 1.82) is 0 Å². The average molecular weight is 269 g/mol. The zero-order valence-corrected chi connectivity index (χ0v) is 13.0. The summed E-state index contributed by atoms with van der Waals surface area (Å²) in [6.07, 6.45) is 4.36. The number of carbonyl (C=O) groups is 1. The van der Waals surface area contributed by atoms with E-state index in [2.05, 4.69) is 43.4 Å². The van der Waals surface area contributed by atoms with Crippen molar-refractivity contribution in [2.45, 2.75) is 58.5 Å². The van der Waals surface area contributed by atoms with Crippen molar-refractivity contribution in [3.05, 3.63) is 0 Å². The Morgan fingerprint density at radius 1 is 1.42 bits per heavy atom. The van der Waals surface area contributed by atoms with Gasteiger partial charge in [-0.2, -0.15) is 0 Å². The lowest BCUT2D eigenvalue weighted by molar-refractivity contribution is -0.124. The van der Waals surface area contributed by atoms with Gasteiger partial charge in [-0.15, -0.1) is 0 Å². The normalized spacial score (nSPS) is 23.9. The highest BCUT2D eigenvalue weighted by Gasteiger charge is 2.23. The summed E-state index contributed by atoms with van der Waals surface area (Å²) in [7, 11) is 2.15. The fourth-order valence-corrected chi connectivity index (χ4v) is 2.39. The smallest absolute Gasteiger partial charge is 0.237 e. The predicted octanol–water partition coefficient (Wildman–Crippen LogP) is 1.61. The Hall–Kier alpha value is -0.610. The molecular weight excluding hydrogens is 238 g/mol. The first kappa shape index (κ1) is 16.4. The van der Waals surface area contributed by atoms with Crippen LogP contribution in [0, 0.1) is 5.92 Å². The second-order valence-electron chi connectivity index (χ2n) is 6.21. The van der Waals surface area contributed by atoms with E-state index in [0.717, 1.165) is 38.9 Å². The van der Waals surface area contributed by atoms with Crippen molar-refractivity contribution in [2.24, 2.45) is 5.92 Å². The minimum Gasteiger partial charge on any atom is -0.355 e. The maximum absolute atomic E-state index is 12.0. The number of rotatable bonds is 7. The fourth-order valence-electron chi connectivity index (χ4n) is 2.39. The van der Waals surface area contributed by atoms with Crippen LogP contribution in [0.5, 0.6) is 0 Å². The first-order valence-corrected chi connectivity index (χ1v) is 7.72. The van der Waals surface area contributed by atoms with Crippen LogP contribution >= 0.6 is 0 Å². The highest BCUT2D eigenvalue weighted by molar-refractivity contribution is 5.81. The highest BCUT2D eigenvalue weighted by Crippen LogP contribution is 2.14. The number of nitrogens with one attached hydrogen (secondary N) is 2. The van der Waals surface area contributed by atoms with Gasteiger partial charge in [-0.3, -0.25) is 4.79 Å². The molecule has 2 unspecified atom stereocenters. The number of amides is 1. The van der Waals surface area contributed by atoms with Crippen LogP contribution in [0.25, 0.3) is 0 Å². The van der Waals surface area contributed by atoms with Gasteiger partial charge in [0.25, 0.3) is 0 Å². The van der Waals surface area contributed by atoms with E-state index < -0.39 is 0 Å². The molecular formula is C15H31N3O. The molecule has 1 aliphatic rings. The standard InChI is InChI=1S/C15H31N3O/c1-12(2)18(4)10-6-5-8-17-15(19)14-11-13(3)7-9-16-14/h12-14,16H,5-11H2,1-4H3,(H,17,19). The van der Waals surface area contributed by atoms with E-state index in [1.165, 1.54) is 6.42 Å². The second-order valence-corrected chi connectivity index (χ2v) is 6.21. The van der Waals surface area contributed by atoms with Crippen LogP contribution in [0.3, 0.4) is 0 Å². The molecule has 1 aliphatic heterocycles. The molecule has 1 saturated heterocycles. The Kier molecular flexibility index (Phi) is 7.39. The Morgan fingerprint density at radius 2 is 2.16 bits per heavy atom. The van der Waals surface area contributed by atoms with Crippen LogP contribution in [-0.2, 0) is 4.79 Å². The number of carbonyl (C=O) groups excluding carboxylic acids is 1. The summed E-state index contributed by atoms with van der Waals surface area (Å²) in [5, 5.41) is 6.36. The van der Waals surface area contributed by atoms with Crippen LogP contribution in [-0.4, -0.2) is 49.6 Å². The monoisotopic (exact) mass is 269 g/mol. The van der Waals surface area contributed by atoms with Gasteiger partial charge in [0, 0.05) is 12.6 Å². The molecule has 19 heavy (non-hydrogen) atoms. The van der Waals surface area contributed by atoms with Gasteiger partial charge >= 0.3 is 0 Å². The molecule has 0 bridgehead atoms. The summed E-state index contributed by atoms with van der Waals surface area (Å²) in [4.78, 5) is 14.3. The average Bonchev–Trinajstić information content (AvgIpc) is 2.37. The predicted molar refractivity (Wildman–Crippen MR) is 80.2 cm³/mol. The van der Waals surface area contributed by atoms with Crippen molar-refractivity contribution in [1.82, 2.24) is 15.5 Å². The number of piperidine rings is 1. The van der Waals surface area contributed by atoms with Crippen LogP contribution in [0.2, 0.25) is 0 Å². The SMILES string of the molecule is CC1CCNC(C(=O)NCCCCN(C)C(C)C)C1. The third-order valence-corrected chi connectivity index (χ3v) is 4.10. The fraction of sp³-hybridized carbons (Fsp3) is 0.933. The lowest BCUT2D eigenvalue weighted by atomic mass is 9.94. The lowest BCUT2D eigenvalue weighted by Gasteiger charge is -2.27. The van der Waals surface area contributed by atoms with Gasteiger partial charge in [-0.05, 0) is 65.6 Å². The quantitative estimate of drug-likeness (QED) is 0.690. The number of unbranched alkanes of at least 4 members (excludes halogenated alkanes) is 1. The highest BCUT2D eigenvalue weighted by atomic mass is 16.2. The van der Waals surface area contributed by atoms with E-state index in [1.807, 2.05) is 0 Å². The summed E-state index contributed by atoms with van der Waals surface area (Å²) < 4.78 is 0. The summed E-state index contributed by atoms with van der Waals surface area (Å²) in [6.45, 7) is 9.51. The molecule has 1 rings (SSSR count). The molecule has 0 spiro atoms. The van der Waals surface area contributed by atoms with Gasteiger partial charge in [0.1, 0.15) is 0 Å². The number of hydrogen-bond acceptors (Lipinski definition) is 3. The Bertz CT molecular complexity index is 268. The van der Waals surface area contributed by atoms with Crippen molar-refractivity contribution in [3.8, 4) is 0 Å². The number of nitrogens with zero attached hydrogens (tertiary/aromatic N) is 1. The molecule has 4 nitrogen and oxygen atoms in total. The maximum atomic E-state index is 12.0. The molecule has 1 amide bonds. The molecule has 0 aliphatic carbocycles. The zero-order valence-electron chi connectivity index (χ0n) is 13.0. The molecule has 1 fully saturated rings. The van der Waals surface area contributed by atoms with Gasteiger partial charge in [0.2, 0.25) is 5.91 Å². The summed E-state index contributed by atoms with van der Waals surface area (Å²) >= 11 is 0. The molecule has 112 valence electrons. The summed E-state index contributed by atoms with van der Waals surface area (Å²) in [5.74, 6) is 0.848. The van der Waals surface area contributed by atoms with E-state index in [9.17, 15) is 4.79 Å². The Morgan fingerprint density at radius 3 is 2.79 bits per heavy atom. The molecule has 0 aromatic rings. The van der Waals surface area contributed by atoms with Gasteiger partial charge in [0.05, 0.1) is 6.04 Å². The molecule has 4 heteroatoms. The molecule has 0 radical (unpaired) electrons. The van der Waals surface area contributed by atoms with Crippen molar-refractivity contribution >= 4 is 5.91 Å². The first-order valence-electron chi connectivity index (χ1n) is 7.72. The molecule has 0 aromatic heterocycles. The molecule has 0 saturated carbocycles. The van der Waals surface area contributed by atoms with E-state index in [1.54, 1.807) is 0 Å². The number of hydrogen-bond donors (Lipinski definition) is 2. The van der Waals surface area contributed by atoms with Gasteiger partial charge in [0.15, 0.2) is 0 Å². The first-order chi connectivity index (χ1) is 9.00. The molecule has 0 aromatic carbocycles. The van der Waals surface area contributed by atoms with Crippen molar-refractivity contribution in [2.75, 3.05) is 26.7 Å². The molecule has 2 N–H and O–H groups in total. The van der Waals surface area contributed by atoms with Crippen LogP contribution in [0.4, 0.5) is 0 Å². The van der Waals surface area contributed by atoms with Gasteiger partial charge < -0.3 is 15.5 Å². The van der Waals surface area contributed by atoms with Crippen LogP contribution in [0.1, 0.15) is 46.5 Å². The van der Waals surface area contributed by atoms with E-state index in [4.69, 9.17) is 0 Å². The zero-order chi connectivity index (χ0) is 14.3. The molecule has 1 heterocycles. The molecule has 2 atom stereocenters. The Balaban J connectivity index is 2.07. The van der Waals surface area contributed by atoms with Gasteiger partial charge in [-0.1, -0.05) is 6.92 Å². The second kappa shape index (κ2) is 8.54. The minimum absolute atomic E-state index is 0.0297. The topological polar surface area (TPSA) is 44.4 Å². The van der Waals surface area contributed by atoms with Crippen LogP contribution in [0.15, 0.2) is 0 Å². The van der Waals surface area contributed by atoms with Crippen LogP contribution < -0.4 is 10.6 Å². The van der Waals surface area contributed by atoms with E-state index in [0.29, 0.717) is 12.0 Å². The summed E-state index contributed by atoms with van der Waals surface area (Å²) in [6, 6.07) is 0.629. The maximum Gasteiger partial charge on any atom is 0.237 e. The largest absolute Gasteiger partial charge is 0.355 e. The van der Waals surface area contributed by atoms with E-state index >= 15 is 0 Å².